The van der Waals surface area contributed by atoms with Crippen molar-refractivity contribution in [1.29, 1.82) is 0 Å². The molecule has 0 aliphatic carbocycles. The molecule has 3 N–H and O–H groups in total. The molecule has 1 atom stereocenters. The van der Waals surface area contributed by atoms with Gasteiger partial charge in [0.05, 0.1) is 0 Å². The lowest BCUT2D eigenvalue weighted by atomic mass is 10.0. The quantitative estimate of drug-likeness (QED) is 0.854. The highest BCUT2D eigenvalue weighted by atomic mass is 35.5. The zero-order valence-electron chi connectivity index (χ0n) is 8.86. The zero-order valence-corrected chi connectivity index (χ0v) is 9.61. The van der Waals surface area contributed by atoms with Gasteiger partial charge in [-0.25, -0.2) is 4.98 Å². The van der Waals surface area contributed by atoms with Crippen LogP contribution in [0.25, 0.3) is 0 Å². The van der Waals surface area contributed by atoms with Crippen molar-refractivity contribution in [2.45, 2.75) is 18.9 Å². The number of nitrogens with zero attached hydrogens (tertiary/aromatic N) is 1. The van der Waals surface area contributed by atoms with E-state index in [4.69, 9.17) is 17.3 Å². The van der Waals surface area contributed by atoms with Gasteiger partial charge in [0.15, 0.2) is 0 Å². The molecule has 1 aromatic heterocycles. The number of aromatic amines is 1. The van der Waals surface area contributed by atoms with E-state index in [-0.39, 0.29) is 6.04 Å². The Morgan fingerprint density at radius 3 is 2.94 bits per heavy atom. The molecule has 0 saturated carbocycles. The summed E-state index contributed by atoms with van der Waals surface area (Å²) in [5.41, 5.74) is 7.20. The first-order valence-corrected chi connectivity index (χ1v) is 5.60. The van der Waals surface area contributed by atoms with Crippen LogP contribution >= 0.6 is 11.6 Å². The van der Waals surface area contributed by atoms with Crippen molar-refractivity contribution in [2.24, 2.45) is 5.73 Å². The number of aromatic nitrogens is 2. The largest absolute Gasteiger partial charge is 0.349 e. The van der Waals surface area contributed by atoms with Gasteiger partial charge in [-0.1, -0.05) is 23.7 Å². The van der Waals surface area contributed by atoms with E-state index < -0.39 is 0 Å². The van der Waals surface area contributed by atoms with Gasteiger partial charge >= 0.3 is 0 Å². The summed E-state index contributed by atoms with van der Waals surface area (Å²) >= 11 is 5.91. The van der Waals surface area contributed by atoms with Crippen LogP contribution < -0.4 is 5.73 Å². The van der Waals surface area contributed by atoms with Crippen molar-refractivity contribution in [3.8, 4) is 0 Å². The molecule has 1 heterocycles. The van der Waals surface area contributed by atoms with Crippen LogP contribution in [0.4, 0.5) is 0 Å². The molecule has 1 unspecified atom stereocenters. The van der Waals surface area contributed by atoms with Gasteiger partial charge in [0, 0.05) is 29.9 Å². The highest BCUT2D eigenvalue weighted by molar-refractivity contribution is 6.30. The number of nitrogens with one attached hydrogen (secondary N) is 1. The number of hydrogen-bond acceptors (Lipinski definition) is 2. The minimum atomic E-state index is 0.0598. The van der Waals surface area contributed by atoms with E-state index in [0.29, 0.717) is 0 Å². The summed E-state index contributed by atoms with van der Waals surface area (Å²) in [7, 11) is 0. The highest BCUT2D eigenvalue weighted by Crippen LogP contribution is 2.12. The van der Waals surface area contributed by atoms with Crippen molar-refractivity contribution in [3.63, 3.8) is 0 Å². The van der Waals surface area contributed by atoms with E-state index >= 15 is 0 Å². The second-order valence-corrected chi connectivity index (χ2v) is 4.27. The fraction of sp³-hybridized carbons (Fsp3) is 0.250. The van der Waals surface area contributed by atoms with Gasteiger partial charge in [-0.15, -0.1) is 0 Å². The summed E-state index contributed by atoms with van der Waals surface area (Å²) in [6.07, 6.45) is 5.10. The predicted octanol–water partition coefficient (Wildman–Crippen LogP) is 2.18. The Morgan fingerprint density at radius 2 is 2.25 bits per heavy atom. The van der Waals surface area contributed by atoms with Crippen molar-refractivity contribution in [1.82, 2.24) is 9.97 Å². The van der Waals surface area contributed by atoms with Gasteiger partial charge in [0.25, 0.3) is 0 Å². The van der Waals surface area contributed by atoms with Gasteiger partial charge in [-0.3, -0.25) is 0 Å². The lowest BCUT2D eigenvalue weighted by Gasteiger charge is -2.10. The maximum absolute atomic E-state index is 6.04. The van der Waals surface area contributed by atoms with E-state index in [0.717, 1.165) is 29.3 Å². The Kier molecular flexibility index (Phi) is 3.59. The van der Waals surface area contributed by atoms with Crippen molar-refractivity contribution in [3.05, 3.63) is 53.1 Å². The molecule has 0 amide bonds. The minimum absolute atomic E-state index is 0.0598. The fourth-order valence-electron chi connectivity index (χ4n) is 1.70. The number of nitrogens with two attached hydrogens (primary N) is 1. The van der Waals surface area contributed by atoms with E-state index in [9.17, 15) is 0 Å². The third-order valence-corrected chi connectivity index (χ3v) is 2.63. The van der Waals surface area contributed by atoms with Crippen molar-refractivity contribution < 1.29 is 0 Å². The SMILES string of the molecule is NC(Cc1cccc(Cl)c1)Cc1ncc[nH]1. The molecule has 3 nitrogen and oxygen atoms in total. The predicted molar refractivity (Wildman–Crippen MR) is 65.4 cm³/mol. The first-order chi connectivity index (χ1) is 7.74. The summed E-state index contributed by atoms with van der Waals surface area (Å²) < 4.78 is 0. The van der Waals surface area contributed by atoms with Crippen molar-refractivity contribution in [2.75, 3.05) is 0 Å². The second-order valence-electron chi connectivity index (χ2n) is 3.83. The Labute approximate surface area is 99.7 Å². The molecule has 1 aromatic carbocycles. The number of rotatable bonds is 4. The highest BCUT2D eigenvalue weighted by Gasteiger charge is 2.07. The smallest absolute Gasteiger partial charge is 0.107 e. The van der Waals surface area contributed by atoms with Gasteiger partial charge in [-0.2, -0.15) is 0 Å². The number of halogens is 1. The molecule has 0 aliphatic rings. The molecule has 0 radical (unpaired) electrons. The molecule has 84 valence electrons. The summed E-state index contributed by atoms with van der Waals surface area (Å²) in [6, 6.07) is 7.85. The summed E-state index contributed by atoms with van der Waals surface area (Å²) in [5.74, 6) is 0.925. The average Bonchev–Trinajstić information content (AvgIpc) is 2.70. The van der Waals surface area contributed by atoms with Crippen LogP contribution in [0.2, 0.25) is 5.02 Å². The van der Waals surface area contributed by atoms with Crippen LogP contribution in [0.15, 0.2) is 36.7 Å². The van der Waals surface area contributed by atoms with Crippen LogP contribution in [0.5, 0.6) is 0 Å². The summed E-state index contributed by atoms with van der Waals surface area (Å²) in [5, 5.41) is 0.752. The van der Waals surface area contributed by atoms with E-state index in [1.165, 1.54) is 0 Å². The lowest BCUT2D eigenvalue weighted by molar-refractivity contribution is 0.645. The molecule has 0 saturated heterocycles. The number of imidazole rings is 1. The first-order valence-electron chi connectivity index (χ1n) is 5.22. The molecule has 4 heteroatoms. The number of benzene rings is 1. The molecule has 16 heavy (non-hydrogen) atoms. The van der Waals surface area contributed by atoms with Crippen LogP contribution in [-0.2, 0) is 12.8 Å². The standard InChI is InChI=1S/C12H14ClN3/c13-10-3-1-2-9(6-10)7-11(14)8-12-15-4-5-16-12/h1-6,11H,7-8,14H2,(H,15,16). The Morgan fingerprint density at radius 1 is 1.38 bits per heavy atom. The monoisotopic (exact) mass is 235 g/mol. The molecule has 2 aromatic rings. The molecule has 0 fully saturated rings. The van der Waals surface area contributed by atoms with Crippen LogP contribution in [0.3, 0.4) is 0 Å². The van der Waals surface area contributed by atoms with Crippen molar-refractivity contribution >= 4 is 11.6 Å². The summed E-state index contributed by atoms with van der Waals surface area (Å²) in [4.78, 5) is 7.20. The third kappa shape index (κ3) is 3.08. The molecular formula is C12H14ClN3. The minimum Gasteiger partial charge on any atom is -0.349 e. The summed E-state index contributed by atoms with van der Waals surface area (Å²) in [6.45, 7) is 0. The van der Waals surface area contributed by atoms with Crippen LogP contribution in [0, 0.1) is 0 Å². The molecule has 0 spiro atoms. The van der Waals surface area contributed by atoms with Gasteiger partial charge in [0.1, 0.15) is 5.82 Å². The van der Waals surface area contributed by atoms with E-state index in [1.54, 1.807) is 12.4 Å². The average molecular weight is 236 g/mol. The number of H-pyrrole nitrogens is 1. The maximum atomic E-state index is 6.04. The molecule has 0 aliphatic heterocycles. The van der Waals surface area contributed by atoms with Crippen LogP contribution in [0.1, 0.15) is 11.4 Å². The second kappa shape index (κ2) is 5.14. The molecule has 0 bridgehead atoms. The fourth-order valence-corrected chi connectivity index (χ4v) is 1.91. The Hall–Kier alpha value is -1.32. The number of hydrogen-bond donors (Lipinski definition) is 2. The molecular weight excluding hydrogens is 222 g/mol. The van der Waals surface area contributed by atoms with Gasteiger partial charge in [0.2, 0.25) is 0 Å². The lowest BCUT2D eigenvalue weighted by Crippen LogP contribution is -2.26. The normalized spacial score (nSPS) is 12.6. The third-order valence-electron chi connectivity index (χ3n) is 2.40. The van der Waals surface area contributed by atoms with Crippen LogP contribution in [-0.4, -0.2) is 16.0 Å². The molecule has 2 rings (SSSR count). The first kappa shape index (κ1) is 11.2. The van der Waals surface area contributed by atoms with E-state index in [2.05, 4.69) is 9.97 Å². The Balaban J connectivity index is 1.94. The zero-order chi connectivity index (χ0) is 11.4. The van der Waals surface area contributed by atoms with Gasteiger partial charge in [-0.05, 0) is 24.1 Å². The maximum Gasteiger partial charge on any atom is 0.107 e. The Bertz CT molecular complexity index is 439. The van der Waals surface area contributed by atoms with Gasteiger partial charge < -0.3 is 10.7 Å². The topological polar surface area (TPSA) is 54.7 Å². The van der Waals surface area contributed by atoms with E-state index in [1.807, 2.05) is 24.3 Å².